The van der Waals surface area contributed by atoms with Crippen molar-refractivity contribution in [3.05, 3.63) is 29.3 Å². The van der Waals surface area contributed by atoms with E-state index in [1.165, 1.54) is 37.7 Å². The van der Waals surface area contributed by atoms with E-state index in [4.69, 9.17) is 11.1 Å². The lowest BCUT2D eigenvalue weighted by Crippen LogP contribution is -2.36. The summed E-state index contributed by atoms with van der Waals surface area (Å²) in [7, 11) is 0. The van der Waals surface area contributed by atoms with Crippen molar-refractivity contribution >= 4 is 11.5 Å². The Labute approximate surface area is 129 Å². The summed E-state index contributed by atoms with van der Waals surface area (Å²) in [5.74, 6) is 0.876. The summed E-state index contributed by atoms with van der Waals surface area (Å²) in [6, 6.07) is 6.96. The summed E-state index contributed by atoms with van der Waals surface area (Å²) in [6.45, 7) is 7.66. The van der Waals surface area contributed by atoms with Crippen molar-refractivity contribution in [2.45, 2.75) is 58.9 Å². The standard InChI is InChI=1S/C18H29N3/c1-13(2)10-11-21(15-6-4-5-7-15)17-9-8-14(3)12-16(17)18(19)20/h8-9,12-13,15H,4-7,10-11H2,1-3H3,(H3,19,20). The summed E-state index contributed by atoms with van der Waals surface area (Å²) < 4.78 is 0. The molecule has 0 saturated heterocycles. The highest BCUT2D eigenvalue weighted by atomic mass is 15.2. The molecule has 1 aliphatic rings. The number of hydrogen-bond donors (Lipinski definition) is 2. The van der Waals surface area contributed by atoms with Crippen molar-refractivity contribution < 1.29 is 0 Å². The van der Waals surface area contributed by atoms with Crippen LogP contribution in [0.3, 0.4) is 0 Å². The molecule has 3 heteroatoms. The largest absolute Gasteiger partial charge is 0.384 e. The predicted octanol–water partition coefficient (Wildman–Crippen LogP) is 4.07. The van der Waals surface area contributed by atoms with Gasteiger partial charge in [0.05, 0.1) is 0 Å². The average molecular weight is 287 g/mol. The van der Waals surface area contributed by atoms with E-state index in [1.807, 2.05) is 0 Å². The van der Waals surface area contributed by atoms with Gasteiger partial charge < -0.3 is 10.6 Å². The minimum atomic E-state index is 0.182. The minimum absolute atomic E-state index is 0.182. The number of nitrogens with one attached hydrogen (secondary N) is 1. The van der Waals surface area contributed by atoms with E-state index in [-0.39, 0.29) is 5.84 Å². The summed E-state index contributed by atoms with van der Waals surface area (Å²) in [6.07, 6.45) is 6.36. The second-order valence-corrected chi connectivity index (χ2v) is 6.75. The maximum Gasteiger partial charge on any atom is 0.124 e. The van der Waals surface area contributed by atoms with Crippen LogP contribution in [0.1, 0.15) is 57.1 Å². The Morgan fingerprint density at radius 1 is 1.33 bits per heavy atom. The fraction of sp³-hybridized carbons (Fsp3) is 0.611. The van der Waals surface area contributed by atoms with Crippen LogP contribution < -0.4 is 10.6 Å². The molecule has 0 spiro atoms. The van der Waals surface area contributed by atoms with Gasteiger partial charge in [-0.2, -0.15) is 0 Å². The molecule has 1 fully saturated rings. The Balaban J connectivity index is 2.32. The molecule has 3 nitrogen and oxygen atoms in total. The zero-order valence-corrected chi connectivity index (χ0v) is 13.7. The first-order chi connectivity index (χ1) is 9.99. The maximum atomic E-state index is 7.90. The molecule has 0 aromatic heterocycles. The van der Waals surface area contributed by atoms with Gasteiger partial charge in [0.1, 0.15) is 5.84 Å². The molecule has 0 unspecified atom stereocenters. The highest BCUT2D eigenvalue weighted by Crippen LogP contribution is 2.31. The Kier molecular flexibility index (Phi) is 5.27. The molecule has 0 atom stereocenters. The van der Waals surface area contributed by atoms with Gasteiger partial charge in [-0.15, -0.1) is 0 Å². The summed E-state index contributed by atoms with van der Waals surface area (Å²) in [5.41, 5.74) is 9.05. The molecule has 0 amide bonds. The van der Waals surface area contributed by atoms with E-state index in [0.717, 1.165) is 17.8 Å². The van der Waals surface area contributed by atoms with Crippen LogP contribution in [0.2, 0.25) is 0 Å². The fourth-order valence-electron chi connectivity index (χ4n) is 3.23. The number of hydrogen-bond acceptors (Lipinski definition) is 2. The third kappa shape index (κ3) is 3.99. The van der Waals surface area contributed by atoms with Crippen LogP contribution >= 0.6 is 0 Å². The Bertz CT molecular complexity index is 487. The monoisotopic (exact) mass is 287 g/mol. The molecule has 1 aromatic rings. The molecule has 21 heavy (non-hydrogen) atoms. The van der Waals surface area contributed by atoms with Crippen LogP contribution in [-0.4, -0.2) is 18.4 Å². The van der Waals surface area contributed by atoms with E-state index < -0.39 is 0 Å². The number of nitrogens with two attached hydrogens (primary N) is 1. The van der Waals surface area contributed by atoms with Gasteiger partial charge in [-0.1, -0.05) is 38.3 Å². The van der Waals surface area contributed by atoms with Gasteiger partial charge in [0.25, 0.3) is 0 Å². The summed E-state index contributed by atoms with van der Waals surface area (Å²) in [5, 5.41) is 7.90. The molecule has 3 N–H and O–H groups in total. The van der Waals surface area contributed by atoms with Gasteiger partial charge in [-0.05, 0) is 44.2 Å². The molecule has 116 valence electrons. The van der Waals surface area contributed by atoms with E-state index in [9.17, 15) is 0 Å². The maximum absolute atomic E-state index is 7.90. The van der Waals surface area contributed by atoms with Crippen molar-refractivity contribution in [3.8, 4) is 0 Å². The zero-order valence-electron chi connectivity index (χ0n) is 13.7. The first kappa shape index (κ1) is 15.9. The first-order valence-electron chi connectivity index (χ1n) is 8.20. The number of amidine groups is 1. The number of aryl methyl sites for hydroxylation is 1. The van der Waals surface area contributed by atoms with Gasteiger partial charge in [-0.25, -0.2) is 0 Å². The smallest absolute Gasteiger partial charge is 0.124 e. The van der Waals surface area contributed by atoms with Crippen molar-refractivity contribution in [1.82, 2.24) is 0 Å². The number of nitrogen functional groups attached to an aromatic ring is 1. The van der Waals surface area contributed by atoms with Crippen LogP contribution in [0.25, 0.3) is 0 Å². The van der Waals surface area contributed by atoms with Crippen LogP contribution in [-0.2, 0) is 0 Å². The van der Waals surface area contributed by atoms with Gasteiger partial charge >= 0.3 is 0 Å². The molecule has 0 bridgehead atoms. The molecule has 0 aliphatic heterocycles. The second-order valence-electron chi connectivity index (χ2n) is 6.75. The molecular weight excluding hydrogens is 258 g/mol. The lowest BCUT2D eigenvalue weighted by molar-refractivity contribution is 0.528. The lowest BCUT2D eigenvalue weighted by Gasteiger charge is -2.33. The van der Waals surface area contributed by atoms with Gasteiger partial charge in [0, 0.05) is 23.8 Å². The topological polar surface area (TPSA) is 53.1 Å². The number of rotatable bonds is 6. The van der Waals surface area contributed by atoms with Crippen LogP contribution in [0.15, 0.2) is 18.2 Å². The van der Waals surface area contributed by atoms with E-state index in [2.05, 4.69) is 43.9 Å². The third-order valence-corrected chi connectivity index (χ3v) is 4.46. The normalized spacial score (nSPS) is 15.6. The van der Waals surface area contributed by atoms with Crippen LogP contribution in [0.4, 0.5) is 5.69 Å². The second kappa shape index (κ2) is 6.97. The predicted molar refractivity (Wildman–Crippen MR) is 91.3 cm³/mol. The molecule has 0 heterocycles. The molecule has 1 aromatic carbocycles. The molecule has 2 rings (SSSR count). The van der Waals surface area contributed by atoms with Crippen molar-refractivity contribution in [1.29, 1.82) is 5.41 Å². The van der Waals surface area contributed by atoms with Crippen LogP contribution in [0, 0.1) is 18.3 Å². The van der Waals surface area contributed by atoms with Crippen molar-refractivity contribution in [2.24, 2.45) is 11.7 Å². The Hall–Kier alpha value is -1.51. The van der Waals surface area contributed by atoms with Gasteiger partial charge in [-0.3, -0.25) is 5.41 Å². The van der Waals surface area contributed by atoms with Gasteiger partial charge in [0.2, 0.25) is 0 Å². The SMILES string of the molecule is Cc1ccc(N(CCC(C)C)C2CCCC2)c(C(=N)N)c1. The minimum Gasteiger partial charge on any atom is -0.384 e. The number of anilines is 1. The van der Waals surface area contributed by atoms with Crippen molar-refractivity contribution in [2.75, 3.05) is 11.4 Å². The van der Waals surface area contributed by atoms with Crippen molar-refractivity contribution in [3.63, 3.8) is 0 Å². The quantitative estimate of drug-likeness (QED) is 0.612. The molecule has 1 saturated carbocycles. The van der Waals surface area contributed by atoms with E-state index in [1.54, 1.807) is 0 Å². The first-order valence-corrected chi connectivity index (χ1v) is 8.20. The van der Waals surface area contributed by atoms with Crippen LogP contribution in [0.5, 0.6) is 0 Å². The van der Waals surface area contributed by atoms with E-state index >= 15 is 0 Å². The van der Waals surface area contributed by atoms with E-state index in [0.29, 0.717) is 12.0 Å². The zero-order chi connectivity index (χ0) is 15.4. The highest BCUT2D eigenvalue weighted by molar-refractivity contribution is 6.00. The average Bonchev–Trinajstić information content (AvgIpc) is 2.93. The fourth-order valence-corrected chi connectivity index (χ4v) is 3.23. The third-order valence-electron chi connectivity index (χ3n) is 4.46. The summed E-state index contributed by atoms with van der Waals surface area (Å²) in [4.78, 5) is 2.52. The Morgan fingerprint density at radius 2 is 2.00 bits per heavy atom. The molecule has 1 aliphatic carbocycles. The number of benzene rings is 1. The Morgan fingerprint density at radius 3 is 2.57 bits per heavy atom. The van der Waals surface area contributed by atoms with Gasteiger partial charge in [0.15, 0.2) is 0 Å². The lowest BCUT2D eigenvalue weighted by atomic mass is 10.0. The highest BCUT2D eigenvalue weighted by Gasteiger charge is 2.25. The molecular formula is C18H29N3. The molecule has 0 radical (unpaired) electrons. The number of nitrogens with zero attached hydrogens (tertiary/aromatic N) is 1. The summed E-state index contributed by atoms with van der Waals surface area (Å²) >= 11 is 0.